The van der Waals surface area contributed by atoms with E-state index in [-0.39, 0.29) is 11.9 Å². The molecule has 2 unspecified atom stereocenters. The third-order valence-electron chi connectivity index (χ3n) is 3.24. The molecule has 1 fully saturated rings. The van der Waals surface area contributed by atoms with Crippen molar-refractivity contribution in [2.24, 2.45) is 0 Å². The molecule has 0 aromatic carbocycles. The van der Waals surface area contributed by atoms with Crippen LogP contribution in [0, 0.1) is 6.92 Å². The summed E-state index contributed by atoms with van der Waals surface area (Å²) in [6, 6.07) is 1.55. The number of carbonyl (C=O) groups excluding carboxylic acids is 1. The zero-order chi connectivity index (χ0) is 12.0. The minimum atomic E-state index is -0.892. The van der Waals surface area contributed by atoms with Crippen LogP contribution in [0.3, 0.4) is 0 Å². The maximum atomic E-state index is 12.0. The first-order chi connectivity index (χ1) is 8.16. The topological polar surface area (TPSA) is 62.3 Å². The molecular formula is C11H13N3O2S. The molecule has 1 N–H and O–H groups in total. The molecule has 0 aliphatic carbocycles. The highest BCUT2D eigenvalue weighted by atomic mass is 32.2. The molecule has 2 atom stereocenters. The minimum Gasteiger partial charge on any atom is -0.341 e. The first kappa shape index (κ1) is 10.7. The van der Waals surface area contributed by atoms with Crippen molar-refractivity contribution in [2.75, 3.05) is 28.3 Å². The normalized spacial score (nSPS) is 27.1. The Morgan fingerprint density at radius 1 is 1.59 bits per heavy atom. The number of hydrogen-bond acceptors (Lipinski definition) is 4. The van der Waals surface area contributed by atoms with Crippen LogP contribution in [0.1, 0.15) is 5.56 Å². The molecule has 3 heterocycles. The molecule has 2 aliphatic rings. The molecule has 1 saturated heterocycles. The summed E-state index contributed by atoms with van der Waals surface area (Å²) in [7, 11) is -0.892. The van der Waals surface area contributed by atoms with E-state index in [9.17, 15) is 9.00 Å². The van der Waals surface area contributed by atoms with Gasteiger partial charge in [-0.25, -0.2) is 4.98 Å². The van der Waals surface area contributed by atoms with E-state index in [0.717, 1.165) is 17.1 Å². The van der Waals surface area contributed by atoms with E-state index >= 15 is 0 Å². The van der Waals surface area contributed by atoms with Crippen LogP contribution < -0.4 is 10.2 Å². The predicted octanol–water partition coefficient (Wildman–Crippen LogP) is 0.279. The molecule has 17 heavy (non-hydrogen) atoms. The van der Waals surface area contributed by atoms with Gasteiger partial charge < -0.3 is 10.2 Å². The Hall–Kier alpha value is -1.43. The molecule has 2 aliphatic heterocycles. The van der Waals surface area contributed by atoms with Gasteiger partial charge in [-0.2, -0.15) is 0 Å². The van der Waals surface area contributed by atoms with Crippen molar-refractivity contribution in [3.8, 4) is 0 Å². The van der Waals surface area contributed by atoms with E-state index in [2.05, 4.69) is 10.3 Å². The number of pyridine rings is 1. The lowest BCUT2D eigenvalue weighted by Gasteiger charge is -2.39. The molecule has 3 rings (SSSR count). The van der Waals surface area contributed by atoms with Crippen LogP contribution in [0.25, 0.3) is 0 Å². The molecule has 0 saturated carbocycles. The number of rotatable bonds is 0. The Balaban J connectivity index is 2.08. The summed E-state index contributed by atoms with van der Waals surface area (Å²) in [4.78, 5) is 18.3. The Bertz CT molecular complexity index is 517. The van der Waals surface area contributed by atoms with Gasteiger partial charge in [-0.15, -0.1) is 0 Å². The summed E-state index contributed by atoms with van der Waals surface area (Å²) in [6.07, 6.45) is 1.74. The van der Waals surface area contributed by atoms with Crippen LogP contribution in [0.15, 0.2) is 12.3 Å². The second-order valence-corrected chi connectivity index (χ2v) is 5.96. The SMILES string of the molecule is Cc1ccnc2c1NC(=O)C1CS(=O)CCN21. The average molecular weight is 251 g/mol. The van der Waals surface area contributed by atoms with Crippen molar-refractivity contribution < 1.29 is 9.00 Å². The monoisotopic (exact) mass is 251 g/mol. The van der Waals surface area contributed by atoms with E-state index in [4.69, 9.17) is 0 Å². The lowest BCUT2D eigenvalue weighted by Crippen LogP contribution is -2.56. The summed E-state index contributed by atoms with van der Waals surface area (Å²) >= 11 is 0. The van der Waals surface area contributed by atoms with Crippen LogP contribution in [-0.2, 0) is 15.6 Å². The number of aromatic nitrogens is 1. The zero-order valence-corrected chi connectivity index (χ0v) is 10.3. The molecule has 1 aromatic rings. The third-order valence-corrected chi connectivity index (χ3v) is 4.57. The van der Waals surface area contributed by atoms with Gasteiger partial charge in [0.25, 0.3) is 0 Å². The van der Waals surface area contributed by atoms with Gasteiger partial charge in [0, 0.05) is 29.3 Å². The summed E-state index contributed by atoms with van der Waals surface area (Å²) in [6.45, 7) is 2.58. The lowest BCUT2D eigenvalue weighted by molar-refractivity contribution is -0.117. The lowest BCUT2D eigenvalue weighted by atomic mass is 10.1. The van der Waals surface area contributed by atoms with Gasteiger partial charge in [0.05, 0.1) is 11.4 Å². The summed E-state index contributed by atoms with van der Waals surface area (Å²) in [5.41, 5.74) is 1.80. The Morgan fingerprint density at radius 2 is 2.41 bits per heavy atom. The Labute approximate surface area is 102 Å². The maximum absolute atomic E-state index is 12.0. The first-order valence-corrected chi connectivity index (χ1v) is 7.03. The highest BCUT2D eigenvalue weighted by Crippen LogP contribution is 2.33. The standard InChI is InChI=1S/C11H13N3O2S/c1-7-2-3-12-10-9(7)13-11(15)8-6-17(16)5-4-14(8)10/h2-3,8H,4-6H2,1H3,(H,13,15). The van der Waals surface area contributed by atoms with Crippen molar-refractivity contribution >= 4 is 28.2 Å². The first-order valence-electron chi connectivity index (χ1n) is 5.55. The number of nitrogens with zero attached hydrogens (tertiary/aromatic N) is 2. The molecule has 1 amide bonds. The van der Waals surface area contributed by atoms with Gasteiger partial charge in [-0.1, -0.05) is 0 Å². The van der Waals surface area contributed by atoms with Crippen molar-refractivity contribution in [1.29, 1.82) is 0 Å². The van der Waals surface area contributed by atoms with E-state index in [0.29, 0.717) is 18.1 Å². The van der Waals surface area contributed by atoms with Gasteiger partial charge in [-0.3, -0.25) is 9.00 Å². The van der Waals surface area contributed by atoms with Crippen molar-refractivity contribution in [3.63, 3.8) is 0 Å². The van der Waals surface area contributed by atoms with Crippen molar-refractivity contribution in [1.82, 2.24) is 4.98 Å². The number of fused-ring (bicyclic) bond motifs is 3. The minimum absolute atomic E-state index is 0.0679. The van der Waals surface area contributed by atoms with Gasteiger partial charge >= 0.3 is 0 Å². The highest BCUT2D eigenvalue weighted by Gasteiger charge is 2.38. The van der Waals surface area contributed by atoms with Gasteiger partial charge in [-0.05, 0) is 18.6 Å². The zero-order valence-electron chi connectivity index (χ0n) is 9.47. The summed E-state index contributed by atoms with van der Waals surface area (Å²) in [5.74, 6) is 1.76. The number of anilines is 2. The molecule has 0 radical (unpaired) electrons. The summed E-state index contributed by atoms with van der Waals surface area (Å²) < 4.78 is 11.5. The fourth-order valence-corrected chi connectivity index (χ4v) is 3.55. The largest absolute Gasteiger partial charge is 0.341 e. The number of hydrogen-bond donors (Lipinski definition) is 1. The fraction of sp³-hybridized carbons (Fsp3) is 0.455. The smallest absolute Gasteiger partial charge is 0.248 e. The van der Waals surface area contributed by atoms with Gasteiger partial charge in [0.2, 0.25) is 5.91 Å². The highest BCUT2D eigenvalue weighted by molar-refractivity contribution is 7.85. The van der Waals surface area contributed by atoms with Gasteiger partial charge in [0.15, 0.2) is 5.82 Å². The van der Waals surface area contributed by atoms with Crippen LogP contribution in [0.5, 0.6) is 0 Å². The van der Waals surface area contributed by atoms with E-state index in [1.165, 1.54) is 0 Å². The molecule has 6 heteroatoms. The van der Waals surface area contributed by atoms with Crippen LogP contribution in [-0.4, -0.2) is 39.2 Å². The van der Waals surface area contributed by atoms with E-state index < -0.39 is 10.8 Å². The van der Waals surface area contributed by atoms with Gasteiger partial charge in [0.1, 0.15) is 6.04 Å². The van der Waals surface area contributed by atoms with E-state index in [1.807, 2.05) is 17.9 Å². The number of aryl methyl sites for hydroxylation is 1. The third kappa shape index (κ3) is 1.63. The number of carbonyl (C=O) groups is 1. The second-order valence-electron chi connectivity index (χ2n) is 4.34. The molecule has 1 aromatic heterocycles. The Kier molecular flexibility index (Phi) is 2.39. The Morgan fingerprint density at radius 3 is 3.24 bits per heavy atom. The molecule has 0 spiro atoms. The van der Waals surface area contributed by atoms with Crippen LogP contribution in [0.2, 0.25) is 0 Å². The van der Waals surface area contributed by atoms with Crippen LogP contribution >= 0.6 is 0 Å². The van der Waals surface area contributed by atoms with Crippen molar-refractivity contribution in [3.05, 3.63) is 17.8 Å². The molecule has 90 valence electrons. The fourth-order valence-electron chi connectivity index (χ4n) is 2.30. The number of nitrogens with one attached hydrogen (secondary N) is 1. The maximum Gasteiger partial charge on any atom is 0.248 e. The summed E-state index contributed by atoms with van der Waals surface area (Å²) in [5, 5.41) is 2.87. The number of amides is 1. The quantitative estimate of drug-likeness (QED) is 0.719. The van der Waals surface area contributed by atoms with Crippen LogP contribution in [0.4, 0.5) is 11.5 Å². The van der Waals surface area contributed by atoms with E-state index in [1.54, 1.807) is 6.20 Å². The second kappa shape index (κ2) is 3.80. The average Bonchev–Trinajstić information content (AvgIpc) is 2.31. The molecular weight excluding hydrogens is 238 g/mol. The molecule has 5 nitrogen and oxygen atoms in total. The molecule has 0 bridgehead atoms. The predicted molar refractivity (Wildman–Crippen MR) is 66.6 cm³/mol. The van der Waals surface area contributed by atoms with Crippen molar-refractivity contribution in [2.45, 2.75) is 13.0 Å².